The van der Waals surface area contributed by atoms with Crippen LogP contribution in [0.4, 0.5) is 0 Å². The molecule has 1 heteroatoms. The van der Waals surface area contributed by atoms with Gasteiger partial charge in [-0.25, -0.2) is 0 Å². The SMILES string of the molecule is CCCCCC1=[C]NCC=C1. The molecule has 0 saturated heterocycles. The van der Waals surface area contributed by atoms with Crippen molar-refractivity contribution < 1.29 is 0 Å². The molecular formula is C10H16N. The van der Waals surface area contributed by atoms with Gasteiger partial charge in [0.05, 0.1) is 6.20 Å². The highest BCUT2D eigenvalue weighted by atomic mass is 14.8. The standard InChI is InChI=1S/C10H16N/c1-2-3-4-6-10-7-5-8-11-9-10/h5,7,11H,2-4,6,8H2,1H3. The maximum atomic E-state index is 3.16. The highest BCUT2D eigenvalue weighted by Crippen LogP contribution is 2.10. The minimum atomic E-state index is 0.942. The van der Waals surface area contributed by atoms with E-state index in [0.717, 1.165) is 6.54 Å². The van der Waals surface area contributed by atoms with Gasteiger partial charge in [0.2, 0.25) is 0 Å². The molecule has 0 amide bonds. The van der Waals surface area contributed by atoms with Crippen LogP contribution in [-0.4, -0.2) is 6.54 Å². The third-order valence-corrected chi connectivity index (χ3v) is 1.84. The van der Waals surface area contributed by atoms with Crippen molar-refractivity contribution in [3.8, 4) is 0 Å². The van der Waals surface area contributed by atoms with Gasteiger partial charge in [-0.15, -0.1) is 0 Å². The number of hydrogen-bond donors (Lipinski definition) is 1. The molecule has 0 atom stereocenters. The highest BCUT2D eigenvalue weighted by molar-refractivity contribution is 5.18. The second-order valence-electron chi connectivity index (χ2n) is 2.89. The van der Waals surface area contributed by atoms with E-state index in [1.54, 1.807) is 0 Å². The molecule has 1 nitrogen and oxygen atoms in total. The van der Waals surface area contributed by atoms with Crippen LogP contribution >= 0.6 is 0 Å². The summed E-state index contributed by atoms with van der Waals surface area (Å²) in [5.41, 5.74) is 1.32. The van der Waals surface area contributed by atoms with Crippen LogP contribution in [0, 0.1) is 6.20 Å². The van der Waals surface area contributed by atoms with Gasteiger partial charge in [0.25, 0.3) is 0 Å². The van der Waals surface area contributed by atoms with Gasteiger partial charge in [-0.2, -0.15) is 0 Å². The first-order valence-electron chi connectivity index (χ1n) is 4.44. The van der Waals surface area contributed by atoms with Crippen molar-refractivity contribution in [2.24, 2.45) is 0 Å². The predicted molar refractivity (Wildman–Crippen MR) is 48.0 cm³/mol. The van der Waals surface area contributed by atoms with Crippen LogP contribution in [0.3, 0.4) is 0 Å². The van der Waals surface area contributed by atoms with E-state index < -0.39 is 0 Å². The van der Waals surface area contributed by atoms with Gasteiger partial charge in [0.1, 0.15) is 0 Å². The van der Waals surface area contributed by atoms with E-state index in [0.29, 0.717) is 0 Å². The zero-order valence-electron chi connectivity index (χ0n) is 7.19. The van der Waals surface area contributed by atoms with Gasteiger partial charge >= 0.3 is 0 Å². The van der Waals surface area contributed by atoms with Crippen LogP contribution in [0.15, 0.2) is 17.7 Å². The highest BCUT2D eigenvalue weighted by Gasteiger charge is 1.96. The Hall–Kier alpha value is -0.720. The van der Waals surface area contributed by atoms with Crippen molar-refractivity contribution in [2.75, 3.05) is 6.54 Å². The van der Waals surface area contributed by atoms with E-state index >= 15 is 0 Å². The lowest BCUT2D eigenvalue weighted by atomic mass is 10.1. The van der Waals surface area contributed by atoms with Crippen LogP contribution in [0.5, 0.6) is 0 Å². The summed E-state index contributed by atoms with van der Waals surface area (Å²) < 4.78 is 0. The number of hydrogen-bond acceptors (Lipinski definition) is 1. The normalized spacial score (nSPS) is 15.9. The van der Waals surface area contributed by atoms with Gasteiger partial charge < -0.3 is 5.32 Å². The van der Waals surface area contributed by atoms with Crippen LogP contribution < -0.4 is 5.32 Å². The molecule has 1 rings (SSSR count). The maximum Gasteiger partial charge on any atom is 0.0613 e. The summed E-state index contributed by atoms with van der Waals surface area (Å²) in [5.74, 6) is 0. The molecule has 1 radical (unpaired) electrons. The number of nitrogens with one attached hydrogen (secondary N) is 1. The fraction of sp³-hybridized carbons (Fsp3) is 0.600. The van der Waals surface area contributed by atoms with E-state index in [4.69, 9.17) is 0 Å². The van der Waals surface area contributed by atoms with E-state index in [9.17, 15) is 0 Å². The monoisotopic (exact) mass is 150 g/mol. The van der Waals surface area contributed by atoms with Crippen LogP contribution in [0.1, 0.15) is 32.6 Å². The molecule has 11 heavy (non-hydrogen) atoms. The molecule has 0 bridgehead atoms. The molecule has 1 aliphatic rings. The van der Waals surface area contributed by atoms with E-state index in [1.165, 1.54) is 31.3 Å². The molecular weight excluding hydrogens is 134 g/mol. The summed E-state index contributed by atoms with van der Waals surface area (Å²) >= 11 is 0. The first-order chi connectivity index (χ1) is 5.43. The minimum absolute atomic E-state index is 0.942. The van der Waals surface area contributed by atoms with Crippen LogP contribution in [0.2, 0.25) is 0 Å². The van der Waals surface area contributed by atoms with E-state index in [-0.39, 0.29) is 0 Å². The summed E-state index contributed by atoms with van der Waals surface area (Å²) in [7, 11) is 0. The molecule has 0 spiro atoms. The lowest BCUT2D eigenvalue weighted by molar-refractivity contribution is 0.711. The summed E-state index contributed by atoms with van der Waals surface area (Å²) in [6.07, 6.45) is 12.6. The Balaban J connectivity index is 2.15. The molecule has 61 valence electrons. The average molecular weight is 150 g/mol. The Morgan fingerprint density at radius 3 is 3.09 bits per heavy atom. The van der Waals surface area contributed by atoms with Crippen molar-refractivity contribution in [1.82, 2.24) is 5.32 Å². The van der Waals surface area contributed by atoms with Gasteiger partial charge in [-0.1, -0.05) is 31.9 Å². The van der Waals surface area contributed by atoms with Crippen molar-refractivity contribution in [1.29, 1.82) is 0 Å². The molecule has 0 saturated carbocycles. The molecule has 0 aromatic heterocycles. The Kier molecular flexibility index (Phi) is 3.81. The molecule has 1 N–H and O–H groups in total. The fourth-order valence-electron chi connectivity index (χ4n) is 1.18. The summed E-state index contributed by atoms with van der Waals surface area (Å²) in [4.78, 5) is 0. The number of allylic oxidation sites excluding steroid dienone is 2. The largest absolute Gasteiger partial charge is 0.380 e. The van der Waals surface area contributed by atoms with Crippen LogP contribution in [-0.2, 0) is 0 Å². The second kappa shape index (κ2) is 5.00. The van der Waals surface area contributed by atoms with Gasteiger partial charge in [0, 0.05) is 6.54 Å². The fourth-order valence-corrected chi connectivity index (χ4v) is 1.18. The number of rotatable bonds is 4. The Bertz CT molecular complexity index is 156. The Morgan fingerprint density at radius 1 is 1.55 bits per heavy atom. The quantitative estimate of drug-likeness (QED) is 0.607. The van der Waals surface area contributed by atoms with Gasteiger partial charge in [-0.05, 0) is 18.4 Å². The summed E-state index contributed by atoms with van der Waals surface area (Å²) in [6, 6.07) is 0. The summed E-state index contributed by atoms with van der Waals surface area (Å²) in [6.45, 7) is 3.17. The lowest BCUT2D eigenvalue weighted by Gasteiger charge is -2.06. The van der Waals surface area contributed by atoms with Crippen LogP contribution in [0.25, 0.3) is 0 Å². The van der Waals surface area contributed by atoms with Gasteiger partial charge in [-0.3, -0.25) is 0 Å². The third-order valence-electron chi connectivity index (χ3n) is 1.84. The molecule has 1 aliphatic heterocycles. The predicted octanol–water partition coefficient (Wildman–Crippen LogP) is 2.41. The molecule has 1 heterocycles. The third kappa shape index (κ3) is 3.26. The second-order valence-corrected chi connectivity index (χ2v) is 2.89. The average Bonchev–Trinajstić information content (AvgIpc) is 2.07. The topological polar surface area (TPSA) is 12.0 Å². The maximum absolute atomic E-state index is 3.16. The Labute approximate surface area is 69.2 Å². The van der Waals surface area contributed by atoms with Crippen molar-refractivity contribution in [3.05, 3.63) is 23.9 Å². The van der Waals surface area contributed by atoms with E-state index in [2.05, 4.69) is 30.6 Å². The first kappa shape index (κ1) is 8.38. The number of unbranched alkanes of at least 4 members (excludes halogenated alkanes) is 2. The molecule has 0 aliphatic carbocycles. The van der Waals surface area contributed by atoms with Crippen molar-refractivity contribution in [3.63, 3.8) is 0 Å². The molecule has 0 unspecified atom stereocenters. The van der Waals surface area contributed by atoms with Crippen molar-refractivity contribution in [2.45, 2.75) is 32.6 Å². The minimum Gasteiger partial charge on any atom is -0.380 e. The molecule has 0 aromatic rings. The van der Waals surface area contributed by atoms with Crippen molar-refractivity contribution >= 4 is 0 Å². The zero-order chi connectivity index (χ0) is 7.94. The first-order valence-corrected chi connectivity index (χ1v) is 4.44. The smallest absolute Gasteiger partial charge is 0.0613 e. The van der Waals surface area contributed by atoms with E-state index in [1.807, 2.05) is 0 Å². The van der Waals surface area contributed by atoms with Gasteiger partial charge in [0.15, 0.2) is 0 Å². The Morgan fingerprint density at radius 2 is 2.45 bits per heavy atom. The lowest BCUT2D eigenvalue weighted by Crippen LogP contribution is -2.09. The molecule has 0 aromatic carbocycles. The summed E-state index contributed by atoms with van der Waals surface area (Å²) in [5, 5.41) is 3.09. The molecule has 0 fully saturated rings. The zero-order valence-corrected chi connectivity index (χ0v) is 7.19. The number of dihydropyridines is 1.